The van der Waals surface area contributed by atoms with Crippen molar-refractivity contribution in [1.82, 2.24) is 4.98 Å². The summed E-state index contributed by atoms with van der Waals surface area (Å²) in [7, 11) is 2.86. The molecule has 5 nitrogen and oxygen atoms in total. The average Bonchev–Trinajstić information content (AvgIpc) is 2.16. The minimum Gasteiger partial charge on any atom is -0.491 e. The Balaban J connectivity index is 3.27. The monoisotopic (exact) mass is 182 g/mol. The van der Waals surface area contributed by atoms with Crippen LogP contribution in [0.4, 0.5) is 0 Å². The molecule has 0 aromatic carbocycles. The second-order valence-corrected chi connectivity index (χ2v) is 2.27. The first-order chi connectivity index (χ1) is 6.20. The van der Waals surface area contributed by atoms with E-state index in [0.29, 0.717) is 0 Å². The SMILES string of the molecule is COc1nccc(C(N)=O)c1OC. The summed E-state index contributed by atoms with van der Waals surface area (Å²) in [5.74, 6) is -0.0612. The molecule has 0 radical (unpaired) electrons. The number of carbonyl (C=O) groups excluding carboxylic acids is 1. The lowest BCUT2D eigenvalue weighted by atomic mass is 10.2. The van der Waals surface area contributed by atoms with Crippen LogP contribution in [0, 0.1) is 0 Å². The van der Waals surface area contributed by atoms with Crippen molar-refractivity contribution >= 4 is 5.91 Å². The molecule has 0 saturated heterocycles. The van der Waals surface area contributed by atoms with Gasteiger partial charge >= 0.3 is 0 Å². The second-order valence-electron chi connectivity index (χ2n) is 2.27. The maximum absolute atomic E-state index is 10.9. The summed E-state index contributed by atoms with van der Waals surface area (Å²) < 4.78 is 9.82. The highest BCUT2D eigenvalue weighted by Gasteiger charge is 2.14. The molecular weight excluding hydrogens is 172 g/mol. The van der Waals surface area contributed by atoms with Gasteiger partial charge in [-0.25, -0.2) is 4.98 Å². The molecule has 2 N–H and O–H groups in total. The third-order valence-electron chi connectivity index (χ3n) is 1.53. The smallest absolute Gasteiger partial charge is 0.257 e. The number of ether oxygens (including phenoxy) is 2. The van der Waals surface area contributed by atoms with E-state index in [9.17, 15) is 4.79 Å². The Morgan fingerprint density at radius 3 is 2.62 bits per heavy atom. The number of methoxy groups -OCH3 is 2. The van der Waals surface area contributed by atoms with Crippen molar-refractivity contribution < 1.29 is 14.3 Å². The quantitative estimate of drug-likeness (QED) is 0.724. The molecule has 0 bridgehead atoms. The van der Waals surface area contributed by atoms with Gasteiger partial charge in [0.05, 0.1) is 19.8 Å². The van der Waals surface area contributed by atoms with Crippen molar-refractivity contribution in [2.45, 2.75) is 0 Å². The van der Waals surface area contributed by atoms with Gasteiger partial charge < -0.3 is 15.2 Å². The predicted octanol–water partition coefficient (Wildman–Crippen LogP) is 0.198. The van der Waals surface area contributed by atoms with E-state index in [1.807, 2.05) is 0 Å². The molecule has 0 aliphatic carbocycles. The summed E-state index contributed by atoms with van der Waals surface area (Å²) >= 11 is 0. The maximum Gasteiger partial charge on any atom is 0.257 e. The summed E-state index contributed by atoms with van der Waals surface area (Å²) in [6.07, 6.45) is 1.43. The van der Waals surface area contributed by atoms with Crippen LogP contribution in [0.25, 0.3) is 0 Å². The van der Waals surface area contributed by atoms with E-state index in [0.717, 1.165) is 0 Å². The number of pyridine rings is 1. The third kappa shape index (κ3) is 1.69. The fourth-order valence-electron chi connectivity index (χ4n) is 0.966. The molecule has 1 aromatic heterocycles. The zero-order valence-corrected chi connectivity index (χ0v) is 7.40. The van der Waals surface area contributed by atoms with Crippen LogP contribution in [0.5, 0.6) is 11.6 Å². The third-order valence-corrected chi connectivity index (χ3v) is 1.53. The van der Waals surface area contributed by atoms with E-state index >= 15 is 0 Å². The van der Waals surface area contributed by atoms with E-state index in [1.165, 1.54) is 26.5 Å². The van der Waals surface area contributed by atoms with E-state index in [-0.39, 0.29) is 17.2 Å². The molecule has 0 unspecified atom stereocenters. The standard InChI is InChI=1S/C8H10N2O3/c1-12-6-5(7(9)11)3-4-10-8(6)13-2/h3-4H,1-2H3,(H2,9,11). The number of rotatable bonds is 3. The molecule has 5 heteroatoms. The van der Waals surface area contributed by atoms with Crippen LogP contribution in [-0.4, -0.2) is 25.1 Å². The first-order valence-corrected chi connectivity index (χ1v) is 3.57. The zero-order chi connectivity index (χ0) is 9.84. The predicted molar refractivity (Wildman–Crippen MR) is 45.9 cm³/mol. The van der Waals surface area contributed by atoms with Crippen LogP contribution in [0.3, 0.4) is 0 Å². The van der Waals surface area contributed by atoms with E-state index < -0.39 is 5.91 Å². The van der Waals surface area contributed by atoms with Gasteiger partial charge in [-0.15, -0.1) is 0 Å². The molecule has 0 aliphatic heterocycles. The van der Waals surface area contributed by atoms with Gasteiger partial charge in [0.25, 0.3) is 11.8 Å². The average molecular weight is 182 g/mol. The Hall–Kier alpha value is -1.78. The lowest BCUT2D eigenvalue weighted by Gasteiger charge is -2.08. The Morgan fingerprint density at radius 2 is 2.15 bits per heavy atom. The number of primary amides is 1. The molecule has 1 amide bonds. The maximum atomic E-state index is 10.9. The summed E-state index contributed by atoms with van der Waals surface area (Å²) in [5, 5.41) is 0. The van der Waals surface area contributed by atoms with Gasteiger partial charge in [0.15, 0.2) is 5.75 Å². The van der Waals surface area contributed by atoms with Crippen molar-refractivity contribution in [3.05, 3.63) is 17.8 Å². The lowest BCUT2D eigenvalue weighted by Crippen LogP contribution is -2.13. The van der Waals surface area contributed by atoms with Crippen molar-refractivity contribution in [2.24, 2.45) is 5.73 Å². The van der Waals surface area contributed by atoms with Crippen LogP contribution in [0.1, 0.15) is 10.4 Å². The number of carbonyl (C=O) groups is 1. The zero-order valence-electron chi connectivity index (χ0n) is 7.40. The van der Waals surface area contributed by atoms with Crippen molar-refractivity contribution in [2.75, 3.05) is 14.2 Å². The van der Waals surface area contributed by atoms with Crippen molar-refractivity contribution in [3.63, 3.8) is 0 Å². The van der Waals surface area contributed by atoms with Gasteiger partial charge in [-0.2, -0.15) is 0 Å². The van der Waals surface area contributed by atoms with Crippen LogP contribution in [0.2, 0.25) is 0 Å². The van der Waals surface area contributed by atoms with Gasteiger partial charge in [-0.1, -0.05) is 0 Å². The molecule has 1 rings (SSSR count). The number of hydrogen-bond donors (Lipinski definition) is 1. The van der Waals surface area contributed by atoms with Gasteiger partial charge in [0, 0.05) is 6.20 Å². The number of amides is 1. The van der Waals surface area contributed by atoms with Gasteiger partial charge in [-0.05, 0) is 6.07 Å². The van der Waals surface area contributed by atoms with Gasteiger partial charge in [0.1, 0.15) is 0 Å². The normalized spacial score (nSPS) is 9.38. The van der Waals surface area contributed by atoms with E-state index in [2.05, 4.69) is 4.98 Å². The Labute approximate surface area is 75.5 Å². The lowest BCUT2D eigenvalue weighted by molar-refractivity contribution is 0.0996. The topological polar surface area (TPSA) is 74.4 Å². The highest BCUT2D eigenvalue weighted by molar-refractivity contribution is 5.96. The molecule has 1 heterocycles. The fourth-order valence-corrected chi connectivity index (χ4v) is 0.966. The Morgan fingerprint density at radius 1 is 1.46 bits per heavy atom. The molecule has 0 fully saturated rings. The van der Waals surface area contributed by atoms with Crippen LogP contribution < -0.4 is 15.2 Å². The van der Waals surface area contributed by atoms with Crippen LogP contribution >= 0.6 is 0 Å². The summed E-state index contributed by atoms with van der Waals surface area (Å²) in [5.41, 5.74) is 5.37. The number of hydrogen-bond acceptors (Lipinski definition) is 4. The number of aromatic nitrogens is 1. The van der Waals surface area contributed by atoms with Crippen molar-refractivity contribution in [3.8, 4) is 11.6 Å². The van der Waals surface area contributed by atoms with Gasteiger partial charge in [0.2, 0.25) is 0 Å². The Bertz CT molecular complexity index is 325. The summed E-state index contributed by atoms with van der Waals surface area (Å²) in [6, 6.07) is 1.48. The molecular formula is C8H10N2O3. The fraction of sp³-hybridized carbons (Fsp3) is 0.250. The molecule has 1 aromatic rings. The highest BCUT2D eigenvalue weighted by Crippen LogP contribution is 2.27. The first kappa shape index (κ1) is 9.31. The van der Waals surface area contributed by atoms with Crippen molar-refractivity contribution in [1.29, 1.82) is 0 Å². The number of nitrogens with zero attached hydrogens (tertiary/aromatic N) is 1. The number of nitrogens with two attached hydrogens (primary N) is 1. The minimum atomic E-state index is -0.572. The minimum absolute atomic E-state index is 0.249. The molecule has 70 valence electrons. The van der Waals surface area contributed by atoms with Gasteiger partial charge in [-0.3, -0.25) is 4.79 Å². The Kier molecular flexibility index (Phi) is 2.69. The summed E-state index contributed by atoms with van der Waals surface area (Å²) in [4.78, 5) is 14.8. The highest BCUT2D eigenvalue weighted by atomic mass is 16.5. The molecule has 0 aliphatic rings. The molecule has 0 spiro atoms. The largest absolute Gasteiger partial charge is 0.491 e. The summed E-state index contributed by atoms with van der Waals surface area (Å²) in [6.45, 7) is 0. The van der Waals surface area contributed by atoms with Crippen LogP contribution in [0.15, 0.2) is 12.3 Å². The van der Waals surface area contributed by atoms with E-state index in [4.69, 9.17) is 15.2 Å². The molecule has 0 saturated carbocycles. The molecule has 0 atom stereocenters. The second kappa shape index (κ2) is 3.75. The van der Waals surface area contributed by atoms with Crippen LogP contribution in [-0.2, 0) is 0 Å². The van der Waals surface area contributed by atoms with E-state index in [1.54, 1.807) is 0 Å². The molecule has 13 heavy (non-hydrogen) atoms. The first-order valence-electron chi connectivity index (χ1n) is 3.57.